The number of hydrogen-bond donors (Lipinski definition) is 1. The van der Waals surface area contributed by atoms with Crippen molar-refractivity contribution in [2.24, 2.45) is 0 Å². The number of carbonyl (C=O) groups is 1. The topological polar surface area (TPSA) is 77.8 Å². The highest BCUT2D eigenvalue weighted by molar-refractivity contribution is 5.68. The highest BCUT2D eigenvalue weighted by atomic mass is 16.5. The summed E-state index contributed by atoms with van der Waals surface area (Å²) in [5.74, 6) is 0.449. The Morgan fingerprint density at radius 1 is 1.13 bits per heavy atom. The van der Waals surface area contributed by atoms with Gasteiger partial charge < -0.3 is 14.6 Å². The number of rotatable bonds is 5. The fraction of sp³-hybridized carbons (Fsp3) is 0.250. The number of aromatic nitrogens is 1. The number of benzene rings is 2. The van der Waals surface area contributed by atoms with Crippen molar-refractivity contribution in [2.45, 2.75) is 31.3 Å². The number of ether oxygens (including phenoxy) is 2. The molecule has 1 aliphatic carbocycles. The summed E-state index contributed by atoms with van der Waals surface area (Å²) in [6, 6.07) is 16.8. The largest absolute Gasteiger partial charge is 0.492 e. The first-order chi connectivity index (χ1) is 14.6. The van der Waals surface area contributed by atoms with E-state index in [2.05, 4.69) is 6.07 Å². The molecule has 0 saturated carbocycles. The summed E-state index contributed by atoms with van der Waals surface area (Å²) in [5.41, 5.74) is 3.99. The minimum absolute atomic E-state index is 0.0537. The first-order valence-corrected chi connectivity index (χ1v) is 10.0. The molecule has 1 aliphatic heterocycles. The van der Waals surface area contributed by atoms with Gasteiger partial charge in [-0.1, -0.05) is 24.3 Å². The summed E-state index contributed by atoms with van der Waals surface area (Å²) in [6.45, 7) is 0.381. The van der Waals surface area contributed by atoms with Gasteiger partial charge in [-0.15, -0.1) is 0 Å². The molecule has 0 radical (unpaired) electrons. The van der Waals surface area contributed by atoms with Crippen LogP contribution < -0.4 is 15.0 Å². The lowest BCUT2D eigenvalue weighted by atomic mass is 9.98. The van der Waals surface area contributed by atoms with Gasteiger partial charge in [0, 0.05) is 29.8 Å². The van der Waals surface area contributed by atoms with Crippen LogP contribution in [0.4, 0.5) is 0 Å². The highest BCUT2D eigenvalue weighted by Gasteiger charge is 2.29. The van der Waals surface area contributed by atoms with E-state index in [4.69, 9.17) is 14.6 Å². The maximum atomic E-state index is 12.3. The number of aliphatic carboxylic acids is 1. The van der Waals surface area contributed by atoms with Gasteiger partial charge in [-0.3, -0.25) is 14.2 Å². The van der Waals surface area contributed by atoms with Crippen molar-refractivity contribution >= 4 is 5.97 Å². The summed E-state index contributed by atoms with van der Waals surface area (Å²) >= 11 is 0. The fourth-order valence-electron chi connectivity index (χ4n) is 4.45. The number of nitrogens with zero attached hydrogens (tertiary/aromatic N) is 1. The highest BCUT2D eigenvalue weighted by Crippen LogP contribution is 2.41. The van der Waals surface area contributed by atoms with Gasteiger partial charge in [-0.25, -0.2) is 0 Å². The van der Waals surface area contributed by atoms with Gasteiger partial charge in [-0.2, -0.15) is 0 Å². The van der Waals surface area contributed by atoms with Crippen LogP contribution >= 0.6 is 0 Å². The quantitative estimate of drug-likeness (QED) is 0.700. The lowest BCUT2D eigenvalue weighted by Gasteiger charge is -2.17. The third kappa shape index (κ3) is 3.24. The molecule has 0 saturated heterocycles. The molecule has 1 N–H and O–H groups in total. The molecule has 1 aromatic heterocycles. The molecule has 3 aromatic rings. The minimum Gasteiger partial charge on any atom is -0.492 e. The molecule has 2 unspecified atom stereocenters. The number of pyridine rings is 1. The Balaban J connectivity index is 1.41. The lowest BCUT2D eigenvalue weighted by molar-refractivity contribution is -0.137. The zero-order valence-electron chi connectivity index (χ0n) is 16.3. The molecule has 2 aromatic carbocycles. The van der Waals surface area contributed by atoms with Crippen molar-refractivity contribution in [3.8, 4) is 17.2 Å². The van der Waals surface area contributed by atoms with Gasteiger partial charge in [0.25, 0.3) is 5.56 Å². The third-order valence-corrected chi connectivity index (χ3v) is 5.84. The van der Waals surface area contributed by atoms with E-state index < -0.39 is 5.97 Å². The Hall–Kier alpha value is -3.54. The molecular formula is C24H21NO5. The zero-order valence-corrected chi connectivity index (χ0v) is 16.3. The van der Waals surface area contributed by atoms with Crippen LogP contribution in [0.5, 0.6) is 11.5 Å². The average Bonchev–Trinajstić information content (AvgIpc) is 3.32. The maximum absolute atomic E-state index is 12.3. The summed E-state index contributed by atoms with van der Waals surface area (Å²) < 4.78 is 13.6. The van der Waals surface area contributed by atoms with E-state index in [0.717, 1.165) is 35.2 Å². The van der Waals surface area contributed by atoms with E-state index in [1.54, 1.807) is 22.9 Å². The maximum Gasteiger partial charge on any atom is 0.304 e. The molecule has 0 amide bonds. The standard InChI is InChI=1S/C24H21NO5/c26-23-6-1-2-11-25(23)20-5-3-4-19-18(20)9-10-21(19)30-16-7-8-17-15(12-24(27)28)14-29-22(17)13-16/h1-8,11,13,15,21H,9-10,12,14H2,(H,27,28). The Kier molecular flexibility index (Phi) is 4.54. The monoisotopic (exact) mass is 403 g/mol. The molecule has 0 spiro atoms. The van der Waals surface area contributed by atoms with E-state index in [9.17, 15) is 9.59 Å². The molecular weight excluding hydrogens is 382 g/mol. The molecule has 2 heterocycles. The summed E-state index contributed by atoms with van der Waals surface area (Å²) in [5, 5.41) is 9.06. The molecule has 30 heavy (non-hydrogen) atoms. The molecule has 2 aliphatic rings. The molecule has 6 nitrogen and oxygen atoms in total. The third-order valence-electron chi connectivity index (χ3n) is 5.84. The smallest absolute Gasteiger partial charge is 0.304 e. The first kappa shape index (κ1) is 18.5. The Bertz CT molecular complexity index is 1180. The van der Waals surface area contributed by atoms with Crippen molar-refractivity contribution < 1.29 is 19.4 Å². The van der Waals surface area contributed by atoms with Crippen molar-refractivity contribution in [2.75, 3.05) is 6.61 Å². The molecule has 2 atom stereocenters. The van der Waals surface area contributed by atoms with Crippen LogP contribution in [0, 0.1) is 0 Å². The predicted molar refractivity (Wildman–Crippen MR) is 111 cm³/mol. The first-order valence-electron chi connectivity index (χ1n) is 10.0. The fourth-order valence-corrected chi connectivity index (χ4v) is 4.45. The minimum atomic E-state index is -0.826. The van der Waals surface area contributed by atoms with E-state index in [1.807, 2.05) is 36.4 Å². The van der Waals surface area contributed by atoms with Gasteiger partial charge in [0.2, 0.25) is 0 Å². The number of fused-ring (bicyclic) bond motifs is 2. The second-order valence-electron chi connectivity index (χ2n) is 7.70. The molecule has 152 valence electrons. The van der Waals surface area contributed by atoms with Crippen LogP contribution in [0.1, 0.15) is 41.6 Å². The molecule has 0 bridgehead atoms. The van der Waals surface area contributed by atoms with Gasteiger partial charge in [0.15, 0.2) is 0 Å². The summed E-state index contributed by atoms with van der Waals surface area (Å²) in [6.07, 6.45) is 3.41. The second kappa shape index (κ2) is 7.37. The SMILES string of the molecule is O=C(O)CC1COc2cc(OC3CCc4c3cccc4-n3ccccc3=O)ccc21. The van der Waals surface area contributed by atoms with Crippen LogP contribution in [0.15, 0.2) is 65.6 Å². The summed E-state index contributed by atoms with van der Waals surface area (Å²) in [4.78, 5) is 23.3. The lowest BCUT2D eigenvalue weighted by Crippen LogP contribution is -2.17. The predicted octanol–water partition coefficient (Wildman–Crippen LogP) is 3.85. The second-order valence-corrected chi connectivity index (χ2v) is 7.70. The van der Waals surface area contributed by atoms with Crippen molar-refractivity contribution in [3.05, 3.63) is 87.8 Å². The van der Waals surface area contributed by atoms with Gasteiger partial charge >= 0.3 is 5.97 Å². The van der Waals surface area contributed by atoms with E-state index >= 15 is 0 Å². The van der Waals surface area contributed by atoms with Crippen molar-refractivity contribution in [3.63, 3.8) is 0 Å². The number of hydrogen-bond acceptors (Lipinski definition) is 4. The summed E-state index contributed by atoms with van der Waals surface area (Å²) in [7, 11) is 0. The number of carboxylic acids is 1. The molecule has 6 heteroatoms. The average molecular weight is 403 g/mol. The Labute approximate surface area is 173 Å². The van der Waals surface area contributed by atoms with Crippen LogP contribution in [-0.2, 0) is 11.2 Å². The zero-order chi connectivity index (χ0) is 20.7. The van der Waals surface area contributed by atoms with Crippen LogP contribution in [0.3, 0.4) is 0 Å². The van der Waals surface area contributed by atoms with Crippen molar-refractivity contribution in [1.29, 1.82) is 0 Å². The van der Waals surface area contributed by atoms with Crippen LogP contribution in [0.25, 0.3) is 5.69 Å². The van der Waals surface area contributed by atoms with Gasteiger partial charge in [0.1, 0.15) is 17.6 Å². The van der Waals surface area contributed by atoms with Crippen LogP contribution in [0.2, 0.25) is 0 Å². The Morgan fingerprint density at radius 3 is 2.87 bits per heavy atom. The normalized spacial score (nSPS) is 19.1. The van der Waals surface area contributed by atoms with Gasteiger partial charge in [0.05, 0.1) is 18.7 Å². The van der Waals surface area contributed by atoms with E-state index in [1.165, 1.54) is 0 Å². The van der Waals surface area contributed by atoms with E-state index in [0.29, 0.717) is 18.1 Å². The van der Waals surface area contributed by atoms with E-state index in [-0.39, 0.29) is 24.0 Å². The van der Waals surface area contributed by atoms with Crippen LogP contribution in [-0.4, -0.2) is 22.2 Å². The van der Waals surface area contributed by atoms with Crippen molar-refractivity contribution in [1.82, 2.24) is 4.57 Å². The van der Waals surface area contributed by atoms with Gasteiger partial charge in [-0.05, 0) is 42.2 Å². The Morgan fingerprint density at radius 2 is 2.03 bits per heavy atom. The molecule has 0 fully saturated rings. The number of carboxylic acid groups (broad SMARTS) is 1. The molecule has 5 rings (SSSR count).